The third-order valence-corrected chi connectivity index (χ3v) is 7.92. The molecule has 1 saturated heterocycles. The van der Waals surface area contributed by atoms with E-state index in [1.165, 1.54) is 25.7 Å². The number of carbonyl (C=O) groups excluding carboxylic acids is 1. The Kier molecular flexibility index (Phi) is 4.40. The van der Waals surface area contributed by atoms with Crippen molar-refractivity contribution < 1.29 is 19.0 Å². The second kappa shape index (κ2) is 6.63. The summed E-state index contributed by atoms with van der Waals surface area (Å²) in [4.78, 5) is 11.7. The number of esters is 1. The second-order valence-corrected chi connectivity index (χ2v) is 9.65. The summed E-state index contributed by atoms with van der Waals surface area (Å²) >= 11 is 0. The quantitative estimate of drug-likeness (QED) is 0.411. The maximum Gasteiger partial charge on any atom is 0.333 e. The smallest absolute Gasteiger partial charge is 0.333 e. The van der Waals surface area contributed by atoms with Crippen molar-refractivity contribution in [3.63, 3.8) is 0 Å². The lowest BCUT2D eigenvalue weighted by atomic mass is 9.75. The van der Waals surface area contributed by atoms with Crippen molar-refractivity contribution in [3.05, 3.63) is 12.2 Å². The van der Waals surface area contributed by atoms with Crippen molar-refractivity contribution in [2.24, 2.45) is 35.5 Å². The van der Waals surface area contributed by atoms with E-state index >= 15 is 0 Å². The Morgan fingerprint density at radius 1 is 1.12 bits per heavy atom. The van der Waals surface area contributed by atoms with E-state index in [1.54, 1.807) is 6.92 Å². The maximum absolute atomic E-state index is 11.7. The average molecular weight is 360 g/mol. The minimum Gasteiger partial charge on any atom is -0.459 e. The SMILES string of the molecule is C=C(C)C(=O)OC1CCCC(COCC2CC3CC2C2CC4OC4C32)C1. The highest BCUT2D eigenvalue weighted by Crippen LogP contribution is 2.65. The van der Waals surface area contributed by atoms with Gasteiger partial charge in [-0.1, -0.05) is 6.58 Å². The van der Waals surface area contributed by atoms with Crippen molar-refractivity contribution in [3.8, 4) is 0 Å². The third kappa shape index (κ3) is 3.03. The van der Waals surface area contributed by atoms with Crippen LogP contribution in [0.3, 0.4) is 0 Å². The summed E-state index contributed by atoms with van der Waals surface area (Å²) in [5.74, 6) is 4.71. The van der Waals surface area contributed by atoms with Crippen molar-refractivity contribution in [2.75, 3.05) is 13.2 Å². The number of ether oxygens (including phenoxy) is 3. The Balaban J connectivity index is 1.06. The Hall–Kier alpha value is -0.870. The summed E-state index contributed by atoms with van der Waals surface area (Å²) in [5.41, 5.74) is 0.493. The molecule has 1 aliphatic heterocycles. The van der Waals surface area contributed by atoms with Crippen LogP contribution in [0.4, 0.5) is 0 Å². The normalized spacial score (nSPS) is 48.1. The summed E-state index contributed by atoms with van der Waals surface area (Å²) in [6.07, 6.45) is 9.68. The van der Waals surface area contributed by atoms with E-state index in [0.717, 1.165) is 62.1 Å². The second-order valence-electron chi connectivity index (χ2n) is 9.65. The number of epoxide rings is 1. The Bertz CT molecular complexity index is 587. The van der Waals surface area contributed by atoms with E-state index in [9.17, 15) is 4.79 Å². The molecule has 0 aromatic rings. The van der Waals surface area contributed by atoms with Crippen LogP contribution < -0.4 is 0 Å². The molecule has 9 unspecified atom stereocenters. The fraction of sp³-hybridized carbons (Fsp3) is 0.864. The molecule has 1 heterocycles. The number of hydrogen-bond donors (Lipinski definition) is 0. The molecule has 26 heavy (non-hydrogen) atoms. The van der Waals surface area contributed by atoms with Gasteiger partial charge in [-0.05, 0) is 87.4 Å². The highest BCUT2D eigenvalue weighted by molar-refractivity contribution is 5.87. The molecule has 5 fully saturated rings. The third-order valence-electron chi connectivity index (χ3n) is 7.92. The monoisotopic (exact) mass is 360 g/mol. The fourth-order valence-corrected chi connectivity index (χ4v) is 6.80. The Labute approximate surface area is 156 Å². The Morgan fingerprint density at radius 2 is 2.00 bits per heavy atom. The van der Waals surface area contributed by atoms with Crippen LogP contribution in [0, 0.1) is 35.5 Å². The first-order chi connectivity index (χ1) is 12.6. The lowest BCUT2D eigenvalue weighted by Crippen LogP contribution is -2.32. The molecule has 144 valence electrons. The molecule has 9 atom stereocenters. The molecular formula is C22H32O4. The van der Waals surface area contributed by atoms with Crippen LogP contribution in [0.25, 0.3) is 0 Å². The van der Waals surface area contributed by atoms with Gasteiger partial charge in [0, 0.05) is 18.8 Å². The first kappa shape index (κ1) is 17.2. The van der Waals surface area contributed by atoms with Gasteiger partial charge in [-0.15, -0.1) is 0 Å². The molecule has 0 radical (unpaired) electrons. The summed E-state index contributed by atoms with van der Waals surface area (Å²) in [7, 11) is 0. The van der Waals surface area contributed by atoms with Crippen LogP contribution in [-0.4, -0.2) is 37.5 Å². The number of hydrogen-bond acceptors (Lipinski definition) is 4. The highest BCUT2D eigenvalue weighted by Gasteiger charge is 2.66. The van der Waals surface area contributed by atoms with Gasteiger partial charge in [0.25, 0.3) is 0 Å². The molecule has 5 rings (SSSR count). The summed E-state index contributed by atoms with van der Waals surface area (Å²) < 4.78 is 17.6. The highest BCUT2D eigenvalue weighted by atomic mass is 16.6. The van der Waals surface area contributed by atoms with Crippen LogP contribution in [-0.2, 0) is 19.0 Å². The van der Waals surface area contributed by atoms with Gasteiger partial charge in [0.2, 0.25) is 0 Å². The van der Waals surface area contributed by atoms with Gasteiger partial charge in [0.15, 0.2) is 0 Å². The van der Waals surface area contributed by atoms with Gasteiger partial charge < -0.3 is 14.2 Å². The molecule has 0 amide bonds. The predicted octanol–water partition coefficient (Wildman–Crippen LogP) is 3.74. The fourth-order valence-electron chi connectivity index (χ4n) is 6.80. The average Bonchev–Trinajstić information content (AvgIpc) is 2.97. The maximum atomic E-state index is 11.7. The zero-order chi connectivity index (χ0) is 17.8. The molecule has 0 N–H and O–H groups in total. The zero-order valence-electron chi connectivity index (χ0n) is 15.9. The molecule has 0 aromatic carbocycles. The van der Waals surface area contributed by atoms with Crippen LogP contribution in [0.1, 0.15) is 51.9 Å². The zero-order valence-corrected chi connectivity index (χ0v) is 15.9. The topological polar surface area (TPSA) is 48.1 Å². The lowest BCUT2D eigenvalue weighted by molar-refractivity contribution is -0.146. The molecule has 0 aromatic heterocycles. The minimum absolute atomic E-state index is 0.0509. The van der Waals surface area contributed by atoms with Crippen LogP contribution in [0.15, 0.2) is 12.2 Å². The molecular weight excluding hydrogens is 328 g/mol. The van der Waals surface area contributed by atoms with Gasteiger partial charge >= 0.3 is 5.97 Å². The molecule has 4 saturated carbocycles. The number of rotatable bonds is 6. The number of fused-ring (bicyclic) bond motifs is 7. The molecule has 0 spiro atoms. The largest absolute Gasteiger partial charge is 0.459 e. The van der Waals surface area contributed by atoms with Gasteiger partial charge in [0.05, 0.1) is 12.2 Å². The van der Waals surface area contributed by atoms with Crippen molar-refractivity contribution in [1.29, 1.82) is 0 Å². The van der Waals surface area contributed by atoms with Crippen LogP contribution >= 0.6 is 0 Å². The Morgan fingerprint density at radius 3 is 2.85 bits per heavy atom. The van der Waals surface area contributed by atoms with Crippen molar-refractivity contribution >= 4 is 5.97 Å². The van der Waals surface area contributed by atoms with E-state index in [-0.39, 0.29) is 12.1 Å². The molecule has 4 heteroatoms. The van der Waals surface area contributed by atoms with E-state index in [4.69, 9.17) is 14.2 Å². The first-order valence-electron chi connectivity index (χ1n) is 10.7. The van der Waals surface area contributed by atoms with E-state index < -0.39 is 0 Å². The van der Waals surface area contributed by atoms with E-state index in [2.05, 4.69) is 6.58 Å². The molecule has 4 nitrogen and oxygen atoms in total. The van der Waals surface area contributed by atoms with Gasteiger partial charge in [-0.2, -0.15) is 0 Å². The van der Waals surface area contributed by atoms with E-state index in [0.29, 0.717) is 23.7 Å². The lowest BCUT2D eigenvalue weighted by Gasteiger charge is -2.33. The first-order valence-corrected chi connectivity index (χ1v) is 10.7. The van der Waals surface area contributed by atoms with Gasteiger partial charge in [0.1, 0.15) is 6.10 Å². The molecule has 2 bridgehead atoms. The van der Waals surface area contributed by atoms with Gasteiger partial charge in [-0.25, -0.2) is 4.79 Å². The number of carbonyl (C=O) groups is 1. The predicted molar refractivity (Wildman–Crippen MR) is 97.4 cm³/mol. The van der Waals surface area contributed by atoms with Crippen molar-refractivity contribution in [1.82, 2.24) is 0 Å². The molecule has 4 aliphatic carbocycles. The van der Waals surface area contributed by atoms with Crippen LogP contribution in [0.2, 0.25) is 0 Å². The van der Waals surface area contributed by atoms with Gasteiger partial charge in [-0.3, -0.25) is 0 Å². The minimum atomic E-state index is -0.244. The molecule has 5 aliphatic rings. The van der Waals surface area contributed by atoms with Crippen LogP contribution in [0.5, 0.6) is 0 Å². The summed E-state index contributed by atoms with van der Waals surface area (Å²) in [6.45, 7) is 7.16. The summed E-state index contributed by atoms with van der Waals surface area (Å²) in [5, 5.41) is 0. The summed E-state index contributed by atoms with van der Waals surface area (Å²) in [6, 6.07) is 0. The standard InChI is InChI=1S/C22H32O4/c1-12(2)22(23)25-16-5-3-4-13(6-16)10-24-11-15-7-14-8-17(15)18-9-19-21(26-19)20(14)18/h13-21H,1,3-11H2,2H3. The van der Waals surface area contributed by atoms with E-state index in [1.807, 2.05) is 0 Å². The van der Waals surface area contributed by atoms with Crippen molar-refractivity contribution in [2.45, 2.75) is 70.2 Å².